The monoisotopic (exact) mass is 333 g/mol. The Balaban J connectivity index is 2.07. The summed E-state index contributed by atoms with van der Waals surface area (Å²) in [4.78, 5) is 14.2. The highest BCUT2D eigenvalue weighted by Crippen LogP contribution is 2.51. The summed E-state index contributed by atoms with van der Waals surface area (Å²) in [6, 6.07) is 5.57. The normalized spacial score (nSPS) is 29.8. The van der Waals surface area contributed by atoms with Crippen LogP contribution in [0.2, 0.25) is 0 Å². The van der Waals surface area contributed by atoms with Gasteiger partial charge in [0.2, 0.25) is 5.91 Å². The summed E-state index contributed by atoms with van der Waals surface area (Å²) in [5.74, 6) is 1.52. The number of rotatable bonds is 3. The molecule has 3 atom stereocenters. The van der Waals surface area contributed by atoms with Gasteiger partial charge in [-0.1, -0.05) is 12.8 Å². The van der Waals surface area contributed by atoms with E-state index < -0.39 is 5.60 Å². The molecule has 1 aliphatic heterocycles. The van der Waals surface area contributed by atoms with Crippen molar-refractivity contribution >= 4 is 5.91 Å². The van der Waals surface area contributed by atoms with Crippen LogP contribution in [0.1, 0.15) is 50.6 Å². The number of aliphatic hydroxyl groups is 1. The summed E-state index contributed by atoms with van der Waals surface area (Å²) in [5, 5.41) is 11.2. The maximum atomic E-state index is 12.3. The van der Waals surface area contributed by atoms with E-state index in [1.165, 1.54) is 0 Å². The number of piperidine rings is 1. The largest absolute Gasteiger partial charge is 0.497 e. The van der Waals surface area contributed by atoms with Crippen molar-refractivity contribution in [3.05, 3.63) is 23.8 Å². The summed E-state index contributed by atoms with van der Waals surface area (Å²) in [6.45, 7) is 2.19. The number of hydrogen-bond donors (Lipinski definition) is 1. The van der Waals surface area contributed by atoms with Crippen molar-refractivity contribution in [3.63, 3.8) is 0 Å². The fourth-order valence-electron chi connectivity index (χ4n) is 4.48. The van der Waals surface area contributed by atoms with Crippen LogP contribution in [0.3, 0.4) is 0 Å². The highest BCUT2D eigenvalue weighted by Gasteiger charge is 2.50. The summed E-state index contributed by atoms with van der Waals surface area (Å²) in [5.41, 5.74) is 0.276. The van der Waals surface area contributed by atoms with E-state index in [1.807, 2.05) is 23.1 Å². The number of carbonyl (C=O) groups excluding carboxylic acids is 1. The number of ether oxygens (including phenoxy) is 2. The van der Waals surface area contributed by atoms with Gasteiger partial charge in [0.05, 0.1) is 25.9 Å². The van der Waals surface area contributed by atoms with Crippen molar-refractivity contribution in [1.82, 2.24) is 4.90 Å². The third kappa shape index (κ3) is 2.86. The molecule has 132 valence electrons. The third-order valence-electron chi connectivity index (χ3n) is 5.73. The predicted octanol–water partition coefficient (Wildman–Crippen LogP) is 2.92. The Labute approximate surface area is 143 Å². The molecule has 24 heavy (non-hydrogen) atoms. The van der Waals surface area contributed by atoms with E-state index in [0.29, 0.717) is 18.7 Å². The van der Waals surface area contributed by atoms with E-state index in [1.54, 1.807) is 21.1 Å². The standard InChI is InChI=1S/C19H27NO4/c1-13(21)20-11-10-19(22)9-5-4-6-16(19)18(20)15-8-7-14(23-2)12-17(15)24-3/h7-8,12,16,18,22H,4-6,9-11H2,1-3H3/t16-,18-,19-/m0/s1. The summed E-state index contributed by atoms with van der Waals surface area (Å²) in [6.07, 6.45) is 4.55. The average Bonchev–Trinajstić information content (AvgIpc) is 2.59. The van der Waals surface area contributed by atoms with Crippen molar-refractivity contribution in [3.8, 4) is 11.5 Å². The molecular weight excluding hydrogens is 306 g/mol. The highest BCUT2D eigenvalue weighted by molar-refractivity contribution is 5.74. The first-order chi connectivity index (χ1) is 11.5. The van der Waals surface area contributed by atoms with E-state index in [-0.39, 0.29) is 17.9 Å². The number of carbonyl (C=O) groups is 1. The fraction of sp³-hybridized carbons (Fsp3) is 0.632. The molecule has 1 aromatic rings. The Kier molecular flexibility index (Phi) is 4.72. The zero-order valence-electron chi connectivity index (χ0n) is 14.7. The van der Waals surface area contributed by atoms with E-state index in [9.17, 15) is 9.90 Å². The van der Waals surface area contributed by atoms with E-state index in [2.05, 4.69) is 0 Å². The van der Waals surface area contributed by atoms with Crippen LogP contribution >= 0.6 is 0 Å². The quantitative estimate of drug-likeness (QED) is 0.924. The lowest BCUT2D eigenvalue weighted by molar-refractivity contribution is -0.153. The van der Waals surface area contributed by atoms with E-state index in [4.69, 9.17) is 9.47 Å². The molecule has 2 fully saturated rings. The lowest BCUT2D eigenvalue weighted by Gasteiger charge is -2.52. The molecule has 1 aliphatic carbocycles. The van der Waals surface area contributed by atoms with Gasteiger partial charge < -0.3 is 19.5 Å². The minimum Gasteiger partial charge on any atom is -0.497 e. The second-order valence-electron chi connectivity index (χ2n) is 6.97. The van der Waals surface area contributed by atoms with Crippen LogP contribution in [0.15, 0.2) is 18.2 Å². The third-order valence-corrected chi connectivity index (χ3v) is 5.73. The van der Waals surface area contributed by atoms with Gasteiger partial charge in [0.25, 0.3) is 0 Å². The van der Waals surface area contributed by atoms with Crippen LogP contribution in [0.25, 0.3) is 0 Å². The Morgan fingerprint density at radius 3 is 2.71 bits per heavy atom. The maximum absolute atomic E-state index is 12.3. The second-order valence-corrected chi connectivity index (χ2v) is 6.97. The highest BCUT2D eigenvalue weighted by atomic mass is 16.5. The van der Waals surface area contributed by atoms with Crippen molar-refractivity contribution in [2.24, 2.45) is 5.92 Å². The SMILES string of the molecule is COc1ccc([C@H]2[C@@H]3CCCC[C@]3(O)CCN2C(C)=O)c(OC)c1. The number of amides is 1. The van der Waals surface area contributed by atoms with Crippen LogP contribution in [0, 0.1) is 5.92 Å². The molecule has 2 aliphatic rings. The Morgan fingerprint density at radius 2 is 2.04 bits per heavy atom. The zero-order chi connectivity index (χ0) is 17.3. The number of hydrogen-bond acceptors (Lipinski definition) is 4. The molecule has 1 N–H and O–H groups in total. The first-order valence-corrected chi connectivity index (χ1v) is 8.71. The number of methoxy groups -OCH3 is 2. The molecule has 0 unspecified atom stereocenters. The second kappa shape index (κ2) is 6.63. The number of benzene rings is 1. The van der Waals surface area contributed by atoms with Crippen molar-refractivity contribution in [2.75, 3.05) is 20.8 Å². The Hall–Kier alpha value is -1.75. The molecule has 0 radical (unpaired) electrons. The number of nitrogens with zero attached hydrogens (tertiary/aromatic N) is 1. The van der Waals surface area contributed by atoms with Crippen LogP contribution < -0.4 is 9.47 Å². The first-order valence-electron chi connectivity index (χ1n) is 8.71. The van der Waals surface area contributed by atoms with Gasteiger partial charge in [-0.05, 0) is 31.4 Å². The predicted molar refractivity (Wildman–Crippen MR) is 91.2 cm³/mol. The van der Waals surface area contributed by atoms with Gasteiger partial charge in [-0.25, -0.2) is 0 Å². The molecule has 0 spiro atoms. The van der Waals surface area contributed by atoms with E-state index >= 15 is 0 Å². The van der Waals surface area contributed by atoms with Crippen LogP contribution in [-0.2, 0) is 4.79 Å². The molecular formula is C19H27NO4. The lowest BCUT2D eigenvalue weighted by atomic mass is 9.66. The van der Waals surface area contributed by atoms with Gasteiger partial charge in [0.15, 0.2) is 0 Å². The Bertz CT molecular complexity index is 617. The van der Waals surface area contributed by atoms with Crippen molar-refractivity contribution in [2.45, 2.75) is 50.7 Å². The fourth-order valence-corrected chi connectivity index (χ4v) is 4.48. The minimum absolute atomic E-state index is 0.0468. The summed E-state index contributed by atoms with van der Waals surface area (Å²) >= 11 is 0. The molecule has 5 nitrogen and oxygen atoms in total. The molecule has 1 saturated carbocycles. The van der Waals surface area contributed by atoms with Crippen LogP contribution in [-0.4, -0.2) is 42.3 Å². The van der Waals surface area contributed by atoms with Crippen molar-refractivity contribution < 1.29 is 19.4 Å². The molecule has 5 heteroatoms. The lowest BCUT2D eigenvalue weighted by Crippen LogP contribution is -2.55. The Morgan fingerprint density at radius 1 is 1.25 bits per heavy atom. The maximum Gasteiger partial charge on any atom is 0.219 e. The van der Waals surface area contributed by atoms with E-state index in [0.717, 1.165) is 37.0 Å². The topological polar surface area (TPSA) is 59.0 Å². The minimum atomic E-state index is -0.681. The molecule has 1 saturated heterocycles. The molecule has 3 rings (SSSR count). The summed E-state index contributed by atoms with van der Waals surface area (Å²) in [7, 11) is 3.25. The molecule has 1 heterocycles. The van der Waals surface area contributed by atoms with Crippen LogP contribution in [0.4, 0.5) is 0 Å². The van der Waals surface area contributed by atoms with Crippen LogP contribution in [0.5, 0.6) is 11.5 Å². The van der Waals surface area contributed by atoms with Gasteiger partial charge >= 0.3 is 0 Å². The van der Waals surface area contributed by atoms with Crippen molar-refractivity contribution in [1.29, 1.82) is 0 Å². The average molecular weight is 333 g/mol. The van der Waals surface area contributed by atoms with Gasteiger partial charge in [-0.15, -0.1) is 0 Å². The first kappa shape index (κ1) is 17.1. The number of fused-ring (bicyclic) bond motifs is 1. The smallest absolute Gasteiger partial charge is 0.219 e. The zero-order valence-corrected chi connectivity index (χ0v) is 14.7. The summed E-state index contributed by atoms with van der Waals surface area (Å²) < 4.78 is 10.9. The van der Waals surface area contributed by atoms with Gasteiger partial charge in [0.1, 0.15) is 11.5 Å². The van der Waals surface area contributed by atoms with Gasteiger partial charge in [-0.3, -0.25) is 4.79 Å². The molecule has 0 bridgehead atoms. The molecule has 1 aromatic carbocycles. The molecule has 0 aromatic heterocycles. The molecule has 1 amide bonds. The number of likely N-dealkylation sites (tertiary alicyclic amines) is 1. The van der Waals surface area contributed by atoms with Gasteiger partial charge in [0, 0.05) is 31.0 Å². The van der Waals surface area contributed by atoms with Gasteiger partial charge in [-0.2, -0.15) is 0 Å².